The first-order chi connectivity index (χ1) is 11.8. The van der Waals surface area contributed by atoms with Gasteiger partial charge < -0.3 is 5.32 Å². The molecule has 1 N–H and O–H groups in total. The Morgan fingerprint density at radius 3 is 2.44 bits per heavy atom. The normalized spacial score (nSPS) is 19.9. The molecule has 1 aliphatic heterocycles. The number of urea groups is 1. The standard InChI is InChI=1S/C18H14BrClN2O3/c1-18(13-4-2-3-5-14(13)19)16(24)22(17(25)21-18)10-15(23)11-6-8-12(20)9-7-11/h2-9H,10H2,1H3,(H,21,25)/t18-/m1/s1. The van der Waals surface area contributed by atoms with Gasteiger partial charge in [0.05, 0.1) is 6.54 Å². The van der Waals surface area contributed by atoms with Crippen LogP contribution in [0.25, 0.3) is 0 Å². The Bertz CT molecular complexity index is 869. The van der Waals surface area contributed by atoms with Crippen molar-refractivity contribution in [3.8, 4) is 0 Å². The number of Topliss-reactive ketones (excluding diaryl/α,β-unsaturated/α-hetero) is 1. The second-order valence-corrected chi connectivity index (χ2v) is 7.15. The third-order valence-electron chi connectivity index (χ3n) is 4.16. The summed E-state index contributed by atoms with van der Waals surface area (Å²) in [6, 6.07) is 12.9. The van der Waals surface area contributed by atoms with Crippen LogP contribution in [-0.2, 0) is 10.3 Å². The number of ketones is 1. The zero-order valence-corrected chi connectivity index (χ0v) is 15.6. The Balaban J connectivity index is 1.85. The predicted molar refractivity (Wildman–Crippen MR) is 97.5 cm³/mol. The SMILES string of the molecule is C[C@]1(c2ccccc2Br)NC(=O)N(CC(=O)c2ccc(Cl)cc2)C1=O. The molecular weight excluding hydrogens is 408 g/mol. The van der Waals surface area contributed by atoms with Gasteiger partial charge in [0.2, 0.25) is 0 Å². The van der Waals surface area contributed by atoms with Crippen molar-refractivity contribution in [2.45, 2.75) is 12.5 Å². The number of nitrogens with zero attached hydrogens (tertiary/aromatic N) is 1. The lowest BCUT2D eigenvalue weighted by Crippen LogP contribution is -2.41. The number of benzene rings is 2. The third kappa shape index (κ3) is 3.19. The number of nitrogens with one attached hydrogen (secondary N) is 1. The Morgan fingerprint density at radius 2 is 1.80 bits per heavy atom. The van der Waals surface area contributed by atoms with E-state index in [2.05, 4.69) is 21.2 Å². The van der Waals surface area contributed by atoms with Crippen molar-refractivity contribution in [2.75, 3.05) is 6.54 Å². The van der Waals surface area contributed by atoms with Crippen molar-refractivity contribution >= 4 is 45.3 Å². The van der Waals surface area contributed by atoms with Crippen LogP contribution in [-0.4, -0.2) is 29.2 Å². The van der Waals surface area contributed by atoms with Gasteiger partial charge in [0.1, 0.15) is 5.54 Å². The predicted octanol–water partition coefficient (Wildman–Crippen LogP) is 3.75. The van der Waals surface area contributed by atoms with Gasteiger partial charge in [-0.2, -0.15) is 0 Å². The molecule has 2 aromatic rings. The molecule has 0 radical (unpaired) electrons. The van der Waals surface area contributed by atoms with Gasteiger partial charge in [-0.15, -0.1) is 0 Å². The van der Waals surface area contributed by atoms with Gasteiger partial charge in [0.25, 0.3) is 5.91 Å². The lowest BCUT2D eigenvalue weighted by Gasteiger charge is -2.23. The maximum absolute atomic E-state index is 12.9. The Morgan fingerprint density at radius 1 is 1.16 bits per heavy atom. The molecule has 128 valence electrons. The van der Waals surface area contributed by atoms with Crippen LogP contribution >= 0.6 is 27.5 Å². The number of hydrogen-bond donors (Lipinski definition) is 1. The molecule has 3 amide bonds. The van der Waals surface area contributed by atoms with E-state index >= 15 is 0 Å². The van der Waals surface area contributed by atoms with E-state index in [9.17, 15) is 14.4 Å². The molecule has 2 aromatic carbocycles. The van der Waals surface area contributed by atoms with E-state index in [0.29, 0.717) is 20.6 Å². The topological polar surface area (TPSA) is 66.5 Å². The summed E-state index contributed by atoms with van der Waals surface area (Å²) >= 11 is 9.21. The number of amides is 3. The van der Waals surface area contributed by atoms with E-state index in [4.69, 9.17) is 11.6 Å². The molecular formula is C18H14BrClN2O3. The highest BCUT2D eigenvalue weighted by Gasteiger charge is 2.50. The monoisotopic (exact) mass is 420 g/mol. The molecule has 0 saturated carbocycles. The first-order valence-corrected chi connectivity index (χ1v) is 8.68. The molecule has 0 aliphatic carbocycles. The minimum Gasteiger partial charge on any atom is -0.319 e. The summed E-state index contributed by atoms with van der Waals surface area (Å²) in [5.41, 5.74) is -0.202. The molecule has 7 heteroatoms. The molecule has 1 aliphatic rings. The fourth-order valence-electron chi connectivity index (χ4n) is 2.76. The largest absolute Gasteiger partial charge is 0.325 e. The van der Waals surface area contributed by atoms with Crippen LogP contribution in [0.3, 0.4) is 0 Å². The van der Waals surface area contributed by atoms with Crippen LogP contribution in [0, 0.1) is 0 Å². The molecule has 1 fully saturated rings. The van der Waals surface area contributed by atoms with Crippen LogP contribution < -0.4 is 5.32 Å². The summed E-state index contributed by atoms with van der Waals surface area (Å²) in [4.78, 5) is 38.5. The van der Waals surface area contributed by atoms with Crippen LogP contribution in [0.4, 0.5) is 4.79 Å². The highest BCUT2D eigenvalue weighted by molar-refractivity contribution is 9.10. The number of carbonyl (C=O) groups is 3. The number of halogens is 2. The van der Waals surface area contributed by atoms with Crippen LogP contribution in [0.5, 0.6) is 0 Å². The van der Waals surface area contributed by atoms with Crippen LogP contribution in [0.2, 0.25) is 5.02 Å². The molecule has 1 atom stereocenters. The van der Waals surface area contributed by atoms with Crippen molar-refractivity contribution in [1.29, 1.82) is 0 Å². The van der Waals surface area contributed by atoms with Gasteiger partial charge in [-0.05, 0) is 37.3 Å². The van der Waals surface area contributed by atoms with Crippen molar-refractivity contribution in [3.05, 3.63) is 69.2 Å². The average Bonchev–Trinajstić information content (AvgIpc) is 2.80. The molecule has 0 aromatic heterocycles. The molecule has 0 bridgehead atoms. The van der Waals surface area contributed by atoms with Gasteiger partial charge in [-0.1, -0.05) is 45.7 Å². The summed E-state index contributed by atoms with van der Waals surface area (Å²) in [7, 11) is 0. The number of rotatable bonds is 4. The summed E-state index contributed by atoms with van der Waals surface area (Å²) in [6.07, 6.45) is 0. The molecule has 5 nitrogen and oxygen atoms in total. The molecule has 0 unspecified atom stereocenters. The Labute approximate surface area is 158 Å². The van der Waals surface area contributed by atoms with Crippen molar-refractivity contribution < 1.29 is 14.4 Å². The van der Waals surface area contributed by atoms with Crippen molar-refractivity contribution in [2.24, 2.45) is 0 Å². The van der Waals surface area contributed by atoms with Crippen LogP contribution in [0.1, 0.15) is 22.8 Å². The highest BCUT2D eigenvalue weighted by Crippen LogP contribution is 2.33. The first-order valence-electron chi connectivity index (χ1n) is 7.51. The molecule has 0 spiro atoms. The minimum atomic E-state index is -1.22. The zero-order valence-electron chi connectivity index (χ0n) is 13.3. The Kier molecular flexibility index (Phi) is 4.67. The van der Waals surface area contributed by atoms with E-state index < -0.39 is 17.5 Å². The van der Waals surface area contributed by atoms with Crippen molar-refractivity contribution in [3.63, 3.8) is 0 Å². The summed E-state index contributed by atoms with van der Waals surface area (Å²) < 4.78 is 0.706. The molecule has 25 heavy (non-hydrogen) atoms. The maximum atomic E-state index is 12.9. The summed E-state index contributed by atoms with van der Waals surface area (Å²) in [5, 5.41) is 3.19. The van der Waals surface area contributed by atoms with Gasteiger partial charge >= 0.3 is 6.03 Å². The van der Waals surface area contributed by atoms with E-state index in [-0.39, 0.29) is 12.3 Å². The number of imide groups is 1. The quantitative estimate of drug-likeness (QED) is 0.604. The smallest absolute Gasteiger partial charge is 0.319 e. The van der Waals surface area contributed by atoms with E-state index in [1.54, 1.807) is 49.4 Å². The average molecular weight is 422 g/mol. The van der Waals surface area contributed by atoms with E-state index in [1.165, 1.54) is 0 Å². The molecule has 1 saturated heterocycles. The lowest BCUT2D eigenvalue weighted by molar-refractivity contribution is -0.130. The van der Waals surface area contributed by atoms with Gasteiger partial charge in [0.15, 0.2) is 5.78 Å². The highest BCUT2D eigenvalue weighted by atomic mass is 79.9. The zero-order chi connectivity index (χ0) is 18.2. The van der Waals surface area contributed by atoms with E-state index in [1.807, 2.05) is 6.07 Å². The van der Waals surface area contributed by atoms with Gasteiger partial charge in [-0.3, -0.25) is 14.5 Å². The van der Waals surface area contributed by atoms with E-state index in [0.717, 1.165) is 4.90 Å². The maximum Gasteiger partial charge on any atom is 0.325 e. The van der Waals surface area contributed by atoms with Crippen LogP contribution in [0.15, 0.2) is 53.0 Å². The lowest BCUT2D eigenvalue weighted by atomic mass is 9.92. The first kappa shape index (κ1) is 17.6. The fourth-order valence-corrected chi connectivity index (χ4v) is 3.57. The number of carbonyl (C=O) groups excluding carboxylic acids is 3. The third-order valence-corrected chi connectivity index (χ3v) is 5.10. The number of hydrogen-bond acceptors (Lipinski definition) is 3. The minimum absolute atomic E-state index is 0.327. The van der Waals surface area contributed by atoms with Crippen molar-refractivity contribution in [1.82, 2.24) is 10.2 Å². The Hall–Kier alpha value is -2.18. The summed E-state index contributed by atoms with van der Waals surface area (Å²) in [6.45, 7) is 1.30. The molecule has 1 heterocycles. The molecule has 3 rings (SSSR count). The second-order valence-electron chi connectivity index (χ2n) is 5.86. The van der Waals surface area contributed by atoms with Gasteiger partial charge in [-0.25, -0.2) is 4.79 Å². The van der Waals surface area contributed by atoms with Gasteiger partial charge in [0, 0.05) is 20.6 Å². The fraction of sp³-hybridized carbons (Fsp3) is 0.167. The summed E-state index contributed by atoms with van der Waals surface area (Å²) in [5.74, 6) is -0.803. The second kappa shape index (κ2) is 6.61.